The van der Waals surface area contributed by atoms with Crippen LogP contribution >= 0.6 is 0 Å². The van der Waals surface area contributed by atoms with E-state index < -0.39 is 6.67 Å². The second kappa shape index (κ2) is 8.81. The average Bonchev–Trinajstić information content (AvgIpc) is 1.97. The lowest BCUT2D eigenvalue weighted by molar-refractivity contribution is 0.0184. The molecule has 1 radical (unpaired) electrons. The van der Waals surface area contributed by atoms with Gasteiger partial charge in [-0.1, -0.05) is 0 Å². The van der Waals surface area contributed by atoms with Gasteiger partial charge in [0.1, 0.15) is 13.3 Å². The molecule has 0 aromatic rings. The van der Waals surface area contributed by atoms with Crippen LogP contribution in [0.5, 0.6) is 0 Å². The third-order valence-corrected chi connectivity index (χ3v) is 0.821. The lowest BCUT2D eigenvalue weighted by Crippen LogP contribution is -2.07. The van der Waals surface area contributed by atoms with Gasteiger partial charge in [-0.15, -0.1) is 0 Å². The van der Waals surface area contributed by atoms with Crippen molar-refractivity contribution in [3.8, 4) is 0 Å². The van der Waals surface area contributed by atoms with Gasteiger partial charge >= 0.3 is 0 Å². The molecule has 3 nitrogen and oxygen atoms in total. The standard InChI is InChI=1S/C6H12FO3/c7-1-3-9-5-6-10-4-2-8/h1-6H2. The Morgan fingerprint density at radius 3 is 2.10 bits per heavy atom. The first kappa shape index (κ1) is 9.81. The molecular formula is C6H12FO3. The normalized spacial score (nSPS) is 10.2. The van der Waals surface area contributed by atoms with E-state index >= 15 is 0 Å². The Labute approximate surface area is 59.8 Å². The van der Waals surface area contributed by atoms with Crippen molar-refractivity contribution in [2.45, 2.75) is 0 Å². The number of halogens is 1. The molecule has 0 spiro atoms. The summed E-state index contributed by atoms with van der Waals surface area (Å²) in [6.45, 7) is 0.358. The SMILES string of the molecule is [O]CCOCCOCCF. The van der Waals surface area contributed by atoms with Crippen LogP contribution in [-0.2, 0) is 14.6 Å². The summed E-state index contributed by atoms with van der Waals surface area (Å²) in [6, 6.07) is 0. The fraction of sp³-hybridized carbons (Fsp3) is 1.00. The van der Waals surface area contributed by atoms with Gasteiger partial charge in [0.2, 0.25) is 0 Å². The van der Waals surface area contributed by atoms with Crippen LogP contribution in [0.1, 0.15) is 0 Å². The molecule has 0 amide bonds. The maximum atomic E-state index is 11.4. The average molecular weight is 151 g/mol. The Kier molecular flexibility index (Phi) is 8.64. The molecule has 0 unspecified atom stereocenters. The minimum absolute atomic E-state index is 0.112. The van der Waals surface area contributed by atoms with Gasteiger partial charge in [0, 0.05) is 0 Å². The van der Waals surface area contributed by atoms with Crippen LogP contribution in [0.25, 0.3) is 0 Å². The molecule has 0 aliphatic carbocycles. The smallest absolute Gasteiger partial charge is 0.113 e. The minimum atomic E-state index is -0.471. The van der Waals surface area contributed by atoms with E-state index in [0.717, 1.165) is 0 Å². The maximum absolute atomic E-state index is 11.4. The van der Waals surface area contributed by atoms with Gasteiger partial charge in [-0.2, -0.15) is 0 Å². The zero-order chi connectivity index (χ0) is 7.66. The summed E-state index contributed by atoms with van der Waals surface area (Å²) in [4.78, 5) is 0. The lowest BCUT2D eigenvalue weighted by atomic mass is 10.7. The lowest BCUT2D eigenvalue weighted by Gasteiger charge is -2.00. The van der Waals surface area contributed by atoms with Crippen LogP contribution in [0, 0.1) is 0 Å². The number of alkyl halides is 1. The van der Waals surface area contributed by atoms with Crippen molar-refractivity contribution in [1.82, 2.24) is 0 Å². The third-order valence-electron chi connectivity index (χ3n) is 0.821. The van der Waals surface area contributed by atoms with Crippen LogP contribution in [0.4, 0.5) is 4.39 Å². The second-order valence-electron chi connectivity index (χ2n) is 1.62. The molecule has 0 N–H and O–H groups in total. The van der Waals surface area contributed by atoms with Gasteiger partial charge in [0.05, 0.1) is 26.4 Å². The fourth-order valence-electron chi connectivity index (χ4n) is 0.435. The van der Waals surface area contributed by atoms with Crippen molar-refractivity contribution >= 4 is 0 Å². The van der Waals surface area contributed by atoms with Crippen molar-refractivity contribution in [3.05, 3.63) is 0 Å². The van der Waals surface area contributed by atoms with Crippen molar-refractivity contribution < 1.29 is 19.0 Å². The highest BCUT2D eigenvalue weighted by Gasteiger charge is 1.87. The first-order valence-corrected chi connectivity index (χ1v) is 3.21. The summed E-state index contributed by atoms with van der Waals surface area (Å²) in [5.74, 6) is 0. The van der Waals surface area contributed by atoms with Crippen LogP contribution < -0.4 is 0 Å². The van der Waals surface area contributed by atoms with E-state index in [1.54, 1.807) is 0 Å². The molecule has 10 heavy (non-hydrogen) atoms. The highest BCUT2D eigenvalue weighted by molar-refractivity contribution is 4.30. The van der Waals surface area contributed by atoms with Gasteiger partial charge in [0.25, 0.3) is 0 Å². The molecule has 0 heterocycles. The molecule has 61 valence electrons. The van der Waals surface area contributed by atoms with Crippen LogP contribution in [0.3, 0.4) is 0 Å². The monoisotopic (exact) mass is 151 g/mol. The highest BCUT2D eigenvalue weighted by Crippen LogP contribution is 1.78. The summed E-state index contributed by atoms with van der Waals surface area (Å²) in [6.07, 6.45) is 0. The Morgan fingerprint density at radius 2 is 1.60 bits per heavy atom. The molecule has 0 atom stereocenters. The molecule has 0 saturated carbocycles. The van der Waals surface area contributed by atoms with E-state index in [-0.39, 0.29) is 19.8 Å². The molecule has 0 saturated heterocycles. The molecular weight excluding hydrogens is 139 g/mol. The van der Waals surface area contributed by atoms with E-state index in [2.05, 4.69) is 0 Å². The fourth-order valence-corrected chi connectivity index (χ4v) is 0.435. The molecule has 0 aromatic heterocycles. The molecule has 0 bridgehead atoms. The van der Waals surface area contributed by atoms with Crippen molar-refractivity contribution in [1.29, 1.82) is 0 Å². The summed E-state index contributed by atoms with van der Waals surface area (Å²) in [7, 11) is 0. The topological polar surface area (TPSA) is 38.4 Å². The largest absolute Gasteiger partial charge is 0.377 e. The number of ether oxygens (including phenoxy) is 2. The molecule has 0 rings (SSSR count). The van der Waals surface area contributed by atoms with Gasteiger partial charge in [-0.3, -0.25) is 0 Å². The van der Waals surface area contributed by atoms with Gasteiger partial charge in [0.15, 0.2) is 0 Å². The Bertz CT molecular complexity index is 53.0. The Morgan fingerprint density at radius 1 is 1.00 bits per heavy atom. The van der Waals surface area contributed by atoms with Crippen molar-refractivity contribution in [2.24, 2.45) is 0 Å². The molecule has 0 aromatic carbocycles. The Hall–Kier alpha value is -0.190. The first-order valence-electron chi connectivity index (χ1n) is 3.21. The van der Waals surface area contributed by atoms with Gasteiger partial charge in [-0.25, -0.2) is 9.50 Å². The number of hydrogen-bond donors (Lipinski definition) is 0. The van der Waals surface area contributed by atoms with Crippen molar-refractivity contribution in [3.63, 3.8) is 0 Å². The summed E-state index contributed by atoms with van der Waals surface area (Å²) >= 11 is 0. The van der Waals surface area contributed by atoms with Crippen molar-refractivity contribution in [2.75, 3.05) is 39.7 Å². The molecule has 0 aliphatic rings. The predicted octanol–water partition coefficient (Wildman–Crippen LogP) is 0.420. The zero-order valence-corrected chi connectivity index (χ0v) is 5.85. The summed E-state index contributed by atoms with van der Waals surface area (Å²) in [5, 5.41) is 9.79. The molecule has 0 aliphatic heterocycles. The van der Waals surface area contributed by atoms with Crippen LogP contribution in [-0.4, -0.2) is 39.7 Å². The van der Waals surface area contributed by atoms with Crippen LogP contribution in [0.2, 0.25) is 0 Å². The number of rotatable bonds is 7. The van der Waals surface area contributed by atoms with E-state index in [4.69, 9.17) is 9.47 Å². The maximum Gasteiger partial charge on any atom is 0.113 e. The quantitative estimate of drug-likeness (QED) is 0.494. The minimum Gasteiger partial charge on any atom is -0.377 e. The van der Waals surface area contributed by atoms with Crippen LogP contribution in [0.15, 0.2) is 0 Å². The van der Waals surface area contributed by atoms with E-state index in [0.29, 0.717) is 13.2 Å². The molecule has 4 heteroatoms. The summed E-state index contributed by atoms with van der Waals surface area (Å²) in [5.41, 5.74) is 0. The van der Waals surface area contributed by atoms with E-state index in [9.17, 15) is 9.50 Å². The number of hydrogen-bond acceptors (Lipinski definition) is 2. The predicted molar refractivity (Wildman–Crippen MR) is 33.2 cm³/mol. The Balaban J connectivity index is 2.65. The van der Waals surface area contributed by atoms with Gasteiger partial charge in [-0.05, 0) is 0 Å². The third kappa shape index (κ3) is 7.81. The van der Waals surface area contributed by atoms with Gasteiger partial charge < -0.3 is 9.47 Å². The van der Waals surface area contributed by atoms with E-state index in [1.807, 2.05) is 0 Å². The zero-order valence-electron chi connectivity index (χ0n) is 5.85. The first-order chi connectivity index (χ1) is 4.91. The van der Waals surface area contributed by atoms with E-state index in [1.165, 1.54) is 0 Å². The highest BCUT2D eigenvalue weighted by atomic mass is 19.1. The molecule has 0 fully saturated rings. The second-order valence-corrected chi connectivity index (χ2v) is 1.62. The summed E-state index contributed by atoms with van der Waals surface area (Å²) < 4.78 is 20.8.